The summed E-state index contributed by atoms with van der Waals surface area (Å²) in [6.45, 7) is 3.14. The smallest absolute Gasteiger partial charge is 0.223 e. The van der Waals surface area contributed by atoms with Crippen LogP contribution < -0.4 is 10.1 Å². The zero-order valence-electron chi connectivity index (χ0n) is 12.3. The van der Waals surface area contributed by atoms with Crippen molar-refractivity contribution in [2.24, 2.45) is 0 Å². The lowest BCUT2D eigenvalue weighted by Crippen LogP contribution is -2.27. The lowest BCUT2D eigenvalue weighted by molar-refractivity contribution is -0.121. The van der Waals surface area contributed by atoms with Crippen molar-refractivity contribution in [1.29, 1.82) is 0 Å². The van der Waals surface area contributed by atoms with E-state index in [9.17, 15) is 4.79 Å². The molecule has 0 unspecified atom stereocenters. The van der Waals surface area contributed by atoms with Crippen molar-refractivity contribution >= 4 is 5.91 Å². The number of hydrogen-bond acceptors (Lipinski definition) is 2. The van der Waals surface area contributed by atoms with E-state index >= 15 is 0 Å². The van der Waals surface area contributed by atoms with Crippen molar-refractivity contribution in [3.05, 3.63) is 65.7 Å². The van der Waals surface area contributed by atoms with Gasteiger partial charge in [-0.3, -0.25) is 4.79 Å². The van der Waals surface area contributed by atoms with Gasteiger partial charge in [-0.05, 0) is 31.0 Å². The molecule has 3 nitrogen and oxygen atoms in total. The first-order valence-electron chi connectivity index (χ1n) is 7.24. The van der Waals surface area contributed by atoms with Crippen LogP contribution in [-0.4, -0.2) is 19.1 Å². The predicted octanol–water partition coefficient (Wildman–Crippen LogP) is 3.12. The molecular formula is C18H21NO2. The molecule has 2 rings (SSSR count). The Morgan fingerprint density at radius 1 is 1.10 bits per heavy atom. The minimum atomic E-state index is 0.0265. The molecule has 0 aliphatic rings. The minimum absolute atomic E-state index is 0.0265. The molecule has 21 heavy (non-hydrogen) atoms. The number of para-hydroxylation sites is 1. The number of aryl methyl sites for hydroxylation is 1. The van der Waals surface area contributed by atoms with Crippen LogP contribution in [0.4, 0.5) is 0 Å². The largest absolute Gasteiger partial charge is 0.493 e. The van der Waals surface area contributed by atoms with Gasteiger partial charge in [-0.25, -0.2) is 0 Å². The summed E-state index contributed by atoms with van der Waals surface area (Å²) in [6, 6.07) is 17.9. The van der Waals surface area contributed by atoms with Gasteiger partial charge in [0.1, 0.15) is 5.75 Å². The van der Waals surface area contributed by atoms with Crippen LogP contribution in [0.1, 0.15) is 17.5 Å². The monoisotopic (exact) mass is 283 g/mol. The van der Waals surface area contributed by atoms with Gasteiger partial charge in [0, 0.05) is 6.54 Å². The first-order valence-corrected chi connectivity index (χ1v) is 7.24. The van der Waals surface area contributed by atoms with Crippen LogP contribution in [0.2, 0.25) is 0 Å². The molecule has 0 bridgehead atoms. The lowest BCUT2D eigenvalue weighted by Gasteiger charge is -2.07. The summed E-state index contributed by atoms with van der Waals surface area (Å²) in [6.07, 6.45) is 1.23. The highest BCUT2D eigenvalue weighted by molar-refractivity contribution is 5.75. The summed E-state index contributed by atoms with van der Waals surface area (Å²) < 4.78 is 5.50. The van der Waals surface area contributed by atoms with Crippen LogP contribution in [0.3, 0.4) is 0 Å². The normalized spacial score (nSPS) is 10.1. The van der Waals surface area contributed by atoms with Gasteiger partial charge in [0.25, 0.3) is 0 Å². The molecule has 0 aliphatic heterocycles. The molecule has 0 heterocycles. The SMILES string of the molecule is Cc1cccc(CCNC(=O)CCOc2ccccc2)c1. The van der Waals surface area contributed by atoms with Crippen LogP contribution in [0.5, 0.6) is 5.75 Å². The van der Waals surface area contributed by atoms with Crippen LogP contribution in [0, 0.1) is 6.92 Å². The summed E-state index contributed by atoms with van der Waals surface area (Å²) in [7, 11) is 0. The maximum Gasteiger partial charge on any atom is 0.223 e. The molecule has 0 fully saturated rings. The van der Waals surface area contributed by atoms with E-state index in [1.807, 2.05) is 36.4 Å². The van der Waals surface area contributed by atoms with Crippen LogP contribution in [0.15, 0.2) is 54.6 Å². The standard InChI is InChI=1S/C18H21NO2/c1-15-6-5-7-16(14-15)10-12-19-18(20)11-13-21-17-8-3-2-4-9-17/h2-9,14H,10-13H2,1H3,(H,19,20). The van der Waals surface area contributed by atoms with E-state index in [-0.39, 0.29) is 5.91 Å². The molecule has 110 valence electrons. The highest BCUT2D eigenvalue weighted by atomic mass is 16.5. The molecule has 1 amide bonds. The second kappa shape index (κ2) is 8.10. The third-order valence-electron chi connectivity index (χ3n) is 3.16. The molecular weight excluding hydrogens is 262 g/mol. The maximum atomic E-state index is 11.7. The average Bonchev–Trinajstić information content (AvgIpc) is 2.48. The van der Waals surface area contributed by atoms with Crippen molar-refractivity contribution in [3.8, 4) is 5.75 Å². The van der Waals surface area contributed by atoms with Crippen LogP contribution >= 0.6 is 0 Å². The lowest BCUT2D eigenvalue weighted by atomic mass is 10.1. The number of amides is 1. The third kappa shape index (κ3) is 5.69. The Kier molecular flexibility index (Phi) is 5.83. The van der Waals surface area contributed by atoms with Gasteiger partial charge in [-0.15, -0.1) is 0 Å². The molecule has 0 saturated carbocycles. The Morgan fingerprint density at radius 3 is 2.67 bits per heavy atom. The first kappa shape index (κ1) is 15.1. The van der Waals surface area contributed by atoms with Gasteiger partial charge in [0.15, 0.2) is 0 Å². The van der Waals surface area contributed by atoms with Crippen molar-refractivity contribution in [2.45, 2.75) is 19.8 Å². The van der Waals surface area contributed by atoms with Crippen LogP contribution in [-0.2, 0) is 11.2 Å². The number of rotatable bonds is 7. The molecule has 2 aromatic rings. The molecule has 2 aromatic carbocycles. The molecule has 0 aromatic heterocycles. The second-order valence-corrected chi connectivity index (χ2v) is 5.00. The molecule has 1 N–H and O–H groups in total. The molecule has 0 spiro atoms. The Morgan fingerprint density at radius 2 is 1.90 bits per heavy atom. The summed E-state index contributed by atoms with van der Waals surface area (Å²) in [5.74, 6) is 0.823. The quantitative estimate of drug-likeness (QED) is 0.848. The average molecular weight is 283 g/mol. The predicted molar refractivity (Wildman–Crippen MR) is 84.4 cm³/mol. The van der Waals surface area contributed by atoms with Crippen molar-refractivity contribution in [2.75, 3.05) is 13.2 Å². The molecule has 0 atom stereocenters. The van der Waals surface area contributed by atoms with E-state index in [1.165, 1.54) is 11.1 Å². The van der Waals surface area contributed by atoms with Crippen molar-refractivity contribution in [1.82, 2.24) is 5.32 Å². The van der Waals surface area contributed by atoms with Gasteiger partial charge in [0.05, 0.1) is 13.0 Å². The molecule has 0 aliphatic carbocycles. The van der Waals surface area contributed by atoms with E-state index in [0.717, 1.165) is 12.2 Å². The number of ether oxygens (including phenoxy) is 1. The fourth-order valence-corrected chi connectivity index (χ4v) is 2.08. The summed E-state index contributed by atoms with van der Waals surface area (Å²) in [5.41, 5.74) is 2.49. The van der Waals surface area contributed by atoms with E-state index in [4.69, 9.17) is 4.74 Å². The zero-order valence-corrected chi connectivity index (χ0v) is 12.3. The zero-order chi connectivity index (χ0) is 14.9. The summed E-state index contributed by atoms with van der Waals surface area (Å²) >= 11 is 0. The second-order valence-electron chi connectivity index (χ2n) is 5.00. The van der Waals surface area contributed by atoms with Crippen molar-refractivity contribution in [3.63, 3.8) is 0 Å². The number of carbonyl (C=O) groups excluding carboxylic acids is 1. The van der Waals surface area contributed by atoms with Gasteiger partial charge in [0.2, 0.25) is 5.91 Å². The van der Waals surface area contributed by atoms with E-state index in [2.05, 4.69) is 30.4 Å². The fraction of sp³-hybridized carbons (Fsp3) is 0.278. The van der Waals surface area contributed by atoms with Gasteiger partial charge in [-0.2, -0.15) is 0 Å². The summed E-state index contributed by atoms with van der Waals surface area (Å²) in [4.78, 5) is 11.7. The number of nitrogens with one attached hydrogen (secondary N) is 1. The first-order chi connectivity index (χ1) is 10.2. The fourth-order valence-electron chi connectivity index (χ4n) is 2.08. The Labute approximate surface area is 126 Å². The Bertz CT molecular complexity index is 566. The van der Waals surface area contributed by atoms with E-state index < -0.39 is 0 Å². The summed E-state index contributed by atoms with van der Waals surface area (Å²) in [5, 5.41) is 2.92. The topological polar surface area (TPSA) is 38.3 Å². The third-order valence-corrected chi connectivity index (χ3v) is 3.16. The van der Waals surface area contributed by atoms with Gasteiger partial charge < -0.3 is 10.1 Å². The van der Waals surface area contributed by atoms with E-state index in [0.29, 0.717) is 19.6 Å². The number of benzene rings is 2. The Hall–Kier alpha value is -2.29. The van der Waals surface area contributed by atoms with Crippen LogP contribution in [0.25, 0.3) is 0 Å². The highest BCUT2D eigenvalue weighted by Gasteiger charge is 2.02. The molecule has 0 radical (unpaired) electrons. The number of carbonyl (C=O) groups is 1. The van der Waals surface area contributed by atoms with Crippen molar-refractivity contribution < 1.29 is 9.53 Å². The Balaban J connectivity index is 1.61. The number of hydrogen-bond donors (Lipinski definition) is 1. The highest BCUT2D eigenvalue weighted by Crippen LogP contribution is 2.08. The van der Waals surface area contributed by atoms with Gasteiger partial charge >= 0.3 is 0 Å². The minimum Gasteiger partial charge on any atom is -0.493 e. The van der Waals surface area contributed by atoms with Gasteiger partial charge in [-0.1, -0.05) is 48.0 Å². The molecule has 0 saturated heterocycles. The molecule has 3 heteroatoms. The van der Waals surface area contributed by atoms with E-state index in [1.54, 1.807) is 0 Å². The maximum absolute atomic E-state index is 11.7.